The maximum Gasteiger partial charge on any atom is 0.418 e. The Hall–Kier alpha value is -4.42. The summed E-state index contributed by atoms with van der Waals surface area (Å²) in [7, 11) is 0. The smallest absolute Gasteiger partial charge is 0.364 e. The van der Waals surface area contributed by atoms with Gasteiger partial charge in [0.05, 0.1) is 28.9 Å². The lowest BCUT2D eigenvalue weighted by atomic mass is 10.1. The van der Waals surface area contributed by atoms with Gasteiger partial charge in [0.2, 0.25) is 5.95 Å². The van der Waals surface area contributed by atoms with Crippen molar-refractivity contribution in [2.75, 3.05) is 5.32 Å². The van der Waals surface area contributed by atoms with Crippen molar-refractivity contribution >= 4 is 28.4 Å². The Bertz CT molecular complexity index is 1510. The van der Waals surface area contributed by atoms with Crippen LogP contribution in [0.15, 0.2) is 54.9 Å². The molecule has 1 saturated carbocycles. The minimum absolute atomic E-state index is 0.0289. The quantitative estimate of drug-likeness (QED) is 0.423. The maximum atomic E-state index is 13.8. The van der Waals surface area contributed by atoms with Crippen LogP contribution in [-0.4, -0.2) is 35.3 Å². The number of halogens is 3. The van der Waals surface area contributed by atoms with Crippen molar-refractivity contribution in [2.24, 2.45) is 0 Å². The molecule has 0 radical (unpaired) electrons. The number of anilines is 1. The Kier molecular flexibility index (Phi) is 4.34. The van der Waals surface area contributed by atoms with Crippen molar-refractivity contribution in [2.45, 2.75) is 25.1 Å². The Morgan fingerprint density at radius 2 is 2.00 bits per heavy atom. The number of carbonyl (C=O) groups is 1. The number of alkyl halides is 3. The van der Waals surface area contributed by atoms with Gasteiger partial charge in [0.1, 0.15) is 5.70 Å². The first-order valence-corrected chi connectivity index (χ1v) is 10.4. The topological polar surface area (TPSA) is 114 Å². The highest BCUT2D eigenvalue weighted by atomic mass is 19.4. The molecule has 0 atom stereocenters. The van der Waals surface area contributed by atoms with Crippen LogP contribution >= 0.6 is 0 Å². The standard InChI is InChI=1S/C21H16F3N9O/c22-21(23,24)14-3-1-2-13-16(14)29-20(28-15-9-25-6-7-26-19(15)34)33-18(13)30-17(31-33)11-8-27-32(10-11)12-4-5-12/h1-3,6-10,12,25H,4-5H2,(H,26,34)(H,28,29). The Balaban J connectivity index is 1.56. The summed E-state index contributed by atoms with van der Waals surface area (Å²) < 4.78 is 44.4. The van der Waals surface area contributed by atoms with Crippen LogP contribution in [0.2, 0.25) is 0 Å². The summed E-state index contributed by atoms with van der Waals surface area (Å²) in [6, 6.07) is 4.11. The third-order valence-corrected chi connectivity index (χ3v) is 5.50. The van der Waals surface area contributed by atoms with E-state index < -0.39 is 17.6 Å². The minimum Gasteiger partial charge on any atom is -0.364 e. The van der Waals surface area contributed by atoms with Gasteiger partial charge in [0.25, 0.3) is 5.91 Å². The second-order valence-corrected chi connectivity index (χ2v) is 7.90. The highest BCUT2D eigenvalue weighted by Gasteiger charge is 2.34. The number of carbonyl (C=O) groups excluding carboxylic acids is 1. The molecule has 0 spiro atoms. The van der Waals surface area contributed by atoms with Crippen LogP contribution in [0.25, 0.3) is 27.9 Å². The van der Waals surface area contributed by atoms with Gasteiger partial charge in [-0.1, -0.05) is 6.07 Å². The van der Waals surface area contributed by atoms with Gasteiger partial charge in [-0.05, 0) is 25.0 Å². The number of hydrogen-bond acceptors (Lipinski definition) is 7. The summed E-state index contributed by atoms with van der Waals surface area (Å²) in [5.74, 6) is -0.329. The molecule has 34 heavy (non-hydrogen) atoms. The van der Waals surface area contributed by atoms with Crippen LogP contribution in [-0.2, 0) is 11.0 Å². The van der Waals surface area contributed by atoms with E-state index in [-0.39, 0.29) is 34.0 Å². The number of fused-ring (bicyclic) bond motifs is 3. The molecule has 3 aromatic heterocycles. The van der Waals surface area contributed by atoms with E-state index in [1.807, 2.05) is 10.9 Å². The van der Waals surface area contributed by atoms with Crippen molar-refractivity contribution in [1.82, 2.24) is 40.0 Å². The predicted octanol–water partition coefficient (Wildman–Crippen LogP) is 2.94. The zero-order valence-electron chi connectivity index (χ0n) is 17.3. The molecule has 1 fully saturated rings. The fourth-order valence-electron chi connectivity index (χ4n) is 3.71. The van der Waals surface area contributed by atoms with Crippen LogP contribution in [0.5, 0.6) is 0 Å². The van der Waals surface area contributed by atoms with Crippen LogP contribution < -0.4 is 16.0 Å². The largest absolute Gasteiger partial charge is 0.418 e. The molecule has 6 rings (SSSR count). The maximum absolute atomic E-state index is 13.8. The zero-order valence-corrected chi connectivity index (χ0v) is 17.3. The molecule has 0 saturated heterocycles. The van der Waals surface area contributed by atoms with Crippen LogP contribution in [0.1, 0.15) is 24.4 Å². The van der Waals surface area contributed by atoms with Crippen molar-refractivity contribution in [1.29, 1.82) is 0 Å². The van der Waals surface area contributed by atoms with Gasteiger partial charge >= 0.3 is 6.18 Å². The lowest BCUT2D eigenvalue weighted by Gasteiger charge is -2.13. The normalized spacial score (nSPS) is 16.3. The lowest BCUT2D eigenvalue weighted by Crippen LogP contribution is -2.24. The van der Waals surface area contributed by atoms with Gasteiger partial charge in [-0.2, -0.15) is 22.8 Å². The number of para-hydroxylation sites is 1. The number of benzene rings is 1. The zero-order chi connectivity index (χ0) is 23.4. The number of nitrogens with one attached hydrogen (secondary N) is 3. The molecular formula is C21H16F3N9O. The third-order valence-electron chi connectivity index (χ3n) is 5.50. The first kappa shape index (κ1) is 20.2. The lowest BCUT2D eigenvalue weighted by molar-refractivity contribution is -0.136. The van der Waals surface area contributed by atoms with Gasteiger partial charge in [0.15, 0.2) is 11.5 Å². The fraction of sp³-hybridized carbons (Fsp3) is 0.190. The first-order chi connectivity index (χ1) is 16.4. The summed E-state index contributed by atoms with van der Waals surface area (Å²) in [6.07, 6.45) is 5.13. The predicted molar refractivity (Wildman–Crippen MR) is 115 cm³/mol. The van der Waals surface area contributed by atoms with E-state index in [1.165, 1.54) is 35.2 Å². The summed E-state index contributed by atoms with van der Waals surface area (Å²) in [6.45, 7) is 0. The van der Waals surface area contributed by atoms with Crippen molar-refractivity contribution in [3.05, 3.63) is 60.5 Å². The fourth-order valence-corrected chi connectivity index (χ4v) is 3.71. The average Bonchev–Trinajstić information content (AvgIpc) is 3.42. The van der Waals surface area contributed by atoms with Gasteiger partial charge in [0, 0.05) is 30.2 Å². The molecule has 4 aromatic rings. The molecule has 1 aliphatic carbocycles. The molecule has 0 unspecified atom stereocenters. The van der Waals surface area contributed by atoms with Crippen LogP contribution in [0, 0.1) is 0 Å². The van der Waals surface area contributed by atoms with Gasteiger partial charge in [-0.25, -0.2) is 9.97 Å². The number of nitrogens with zero attached hydrogens (tertiary/aromatic N) is 6. The van der Waals surface area contributed by atoms with E-state index in [9.17, 15) is 18.0 Å². The molecule has 1 amide bonds. The van der Waals surface area contributed by atoms with Gasteiger partial charge < -0.3 is 16.0 Å². The SMILES string of the molecule is O=C1NC=CNC=C1Nc1nc2c(C(F)(F)F)cccc2c2nc(-c3cnn(C4CC4)c3)nn12. The number of hydrogen-bond donors (Lipinski definition) is 3. The van der Waals surface area contributed by atoms with Gasteiger partial charge in [-0.15, -0.1) is 5.10 Å². The molecule has 1 aliphatic heterocycles. The summed E-state index contributed by atoms with van der Waals surface area (Å²) in [4.78, 5) is 21.1. The monoisotopic (exact) mass is 467 g/mol. The summed E-state index contributed by atoms with van der Waals surface area (Å²) in [5, 5.41) is 17.1. The summed E-state index contributed by atoms with van der Waals surface area (Å²) >= 11 is 0. The Morgan fingerprint density at radius 3 is 2.79 bits per heavy atom. The Labute approximate surface area is 189 Å². The minimum atomic E-state index is -4.64. The van der Waals surface area contributed by atoms with Crippen molar-refractivity contribution in [3.8, 4) is 11.4 Å². The molecule has 13 heteroatoms. The molecular weight excluding hydrogens is 451 g/mol. The van der Waals surface area contributed by atoms with Gasteiger partial charge in [-0.3, -0.25) is 9.48 Å². The molecule has 1 aromatic carbocycles. The van der Waals surface area contributed by atoms with E-state index in [2.05, 4.69) is 36.1 Å². The average molecular weight is 467 g/mol. The first-order valence-electron chi connectivity index (χ1n) is 10.4. The molecule has 0 bridgehead atoms. The molecule has 3 N–H and O–H groups in total. The van der Waals surface area contributed by atoms with E-state index in [0.29, 0.717) is 11.6 Å². The second-order valence-electron chi connectivity index (χ2n) is 7.90. The van der Waals surface area contributed by atoms with Crippen LogP contribution in [0.4, 0.5) is 19.1 Å². The number of aromatic nitrogens is 6. The molecule has 4 heterocycles. The molecule has 172 valence electrons. The Morgan fingerprint density at radius 1 is 1.15 bits per heavy atom. The summed E-state index contributed by atoms with van der Waals surface area (Å²) in [5.41, 5.74) is -0.409. The van der Waals surface area contributed by atoms with E-state index in [4.69, 9.17) is 0 Å². The van der Waals surface area contributed by atoms with Crippen molar-refractivity contribution < 1.29 is 18.0 Å². The number of rotatable bonds is 4. The highest BCUT2D eigenvalue weighted by Crippen LogP contribution is 2.37. The number of amides is 1. The highest BCUT2D eigenvalue weighted by molar-refractivity contribution is 5.98. The van der Waals surface area contributed by atoms with Crippen LogP contribution in [0.3, 0.4) is 0 Å². The molecule has 2 aliphatic rings. The van der Waals surface area contributed by atoms with Crippen molar-refractivity contribution in [3.63, 3.8) is 0 Å². The van der Waals surface area contributed by atoms with E-state index in [0.717, 1.165) is 18.9 Å². The van der Waals surface area contributed by atoms with E-state index in [1.54, 1.807) is 6.20 Å². The third kappa shape index (κ3) is 3.41. The molecule has 10 nitrogen and oxygen atoms in total. The second kappa shape index (κ2) is 7.30. The van der Waals surface area contributed by atoms with E-state index >= 15 is 0 Å².